The lowest BCUT2D eigenvalue weighted by Crippen LogP contribution is -2.37. The number of rotatable bonds is 5. The Morgan fingerprint density at radius 3 is 2.65 bits per heavy atom. The maximum absolute atomic E-state index is 13.8. The molecule has 1 aliphatic carbocycles. The van der Waals surface area contributed by atoms with Crippen molar-refractivity contribution in [2.45, 2.75) is 50.7 Å². The van der Waals surface area contributed by atoms with Gasteiger partial charge < -0.3 is 9.84 Å². The van der Waals surface area contributed by atoms with Crippen molar-refractivity contribution in [3.63, 3.8) is 0 Å². The van der Waals surface area contributed by atoms with Crippen molar-refractivity contribution in [3.05, 3.63) is 34.1 Å². The zero-order valence-corrected chi connectivity index (χ0v) is 13.4. The third kappa shape index (κ3) is 4.03. The summed E-state index contributed by atoms with van der Waals surface area (Å²) in [5, 5.41) is 10.4. The van der Waals surface area contributed by atoms with Gasteiger partial charge in [-0.15, -0.1) is 0 Å². The van der Waals surface area contributed by atoms with Gasteiger partial charge >= 0.3 is 0 Å². The van der Waals surface area contributed by atoms with Gasteiger partial charge in [-0.05, 0) is 36.5 Å². The summed E-state index contributed by atoms with van der Waals surface area (Å²) in [5.74, 6) is 0.110. The molecule has 20 heavy (non-hydrogen) atoms. The molecular formula is C16H22BrFO2. The minimum absolute atomic E-state index is 0.196. The normalized spacial score (nSPS) is 19.8. The van der Waals surface area contributed by atoms with E-state index in [-0.39, 0.29) is 11.9 Å². The van der Waals surface area contributed by atoms with Gasteiger partial charge in [-0.1, -0.05) is 41.3 Å². The van der Waals surface area contributed by atoms with Crippen molar-refractivity contribution in [1.29, 1.82) is 0 Å². The minimum atomic E-state index is -0.654. The zero-order chi connectivity index (χ0) is 14.5. The first kappa shape index (κ1) is 15.9. The van der Waals surface area contributed by atoms with Crippen molar-refractivity contribution in [2.24, 2.45) is 5.92 Å². The molecule has 0 aliphatic heterocycles. The van der Waals surface area contributed by atoms with Crippen LogP contribution in [-0.4, -0.2) is 24.4 Å². The third-order valence-corrected chi connectivity index (χ3v) is 4.70. The number of aliphatic hydroxyl groups excluding tert-OH is 1. The van der Waals surface area contributed by atoms with Crippen molar-refractivity contribution >= 4 is 15.9 Å². The quantitative estimate of drug-likeness (QED) is 0.871. The molecule has 0 radical (unpaired) electrons. The van der Waals surface area contributed by atoms with Gasteiger partial charge in [0.15, 0.2) is 0 Å². The second-order valence-electron chi connectivity index (χ2n) is 5.61. The first-order valence-corrected chi connectivity index (χ1v) is 8.06. The van der Waals surface area contributed by atoms with Crippen LogP contribution in [0.2, 0.25) is 0 Å². The number of halogens is 2. The highest BCUT2D eigenvalue weighted by atomic mass is 79.9. The number of aliphatic hydroxyl groups is 1. The Morgan fingerprint density at radius 2 is 2.05 bits per heavy atom. The third-order valence-electron chi connectivity index (χ3n) is 4.21. The van der Waals surface area contributed by atoms with Crippen LogP contribution >= 0.6 is 15.9 Å². The van der Waals surface area contributed by atoms with Crippen molar-refractivity contribution in [2.75, 3.05) is 7.11 Å². The van der Waals surface area contributed by atoms with E-state index in [1.807, 2.05) is 0 Å². The Hall–Kier alpha value is -0.450. The summed E-state index contributed by atoms with van der Waals surface area (Å²) in [6.07, 6.45) is 5.31. The van der Waals surface area contributed by atoms with E-state index in [0.29, 0.717) is 22.4 Å². The van der Waals surface area contributed by atoms with E-state index in [2.05, 4.69) is 15.9 Å². The van der Waals surface area contributed by atoms with Gasteiger partial charge in [0.2, 0.25) is 0 Å². The monoisotopic (exact) mass is 344 g/mol. The fourth-order valence-electron chi connectivity index (χ4n) is 3.16. The number of hydrogen-bond acceptors (Lipinski definition) is 2. The number of hydrogen-bond donors (Lipinski definition) is 1. The molecule has 2 nitrogen and oxygen atoms in total. The molecule has 0 aromatic heterocycles. The smallest absolute Gasteiger partial charge is 0.127 e. The Labute approximate surface area is 128 Å². The summed E-state index contributed by atoms with van der Waals surface area (Å²) in [5.41, 5.74) is 0.540. The van der Waals surface area contributed by atoms with E-state index in [4.69, 9.17) is 4.74 Å². The summed E-state index contributed by atoms with van der Waals surface area (Å²) in [6, 6.07) is 4.95. The van der Waals surface area contributed by atoms with Gasteiger partial charge in [-0.25, -0.2) is 4.39 Å². The van der Waals surface area contributed by atoms with Crippen LogP contribution in [0.15, 0.2) is 22.7 Å². The Morgan fingerprint density at radius 1 is 1.35 bits per heavy atom. The van der Waals surface area contributed by atoms with Gasteiger partial charge in [0.1, 0.15) is 5.82 Å². The van der Waals surface area contributed by atoms with Crippen LogP contribution in [0, 0.1) is 11.7 Å². The molecule has 1 aromatic rings. The number of methoxy groups -OCH3 is 1. The molecule has 2 atom stereocenters. The maximum atomic E-state index is 13.8. The molecule has 112 valence electrons. The summed E-state index contributed by atoms with van der Waals surface area (Å²) in [6.45, 7) is 0. The lowest BCUT2D eigenvalue weighted by molar-refractivity contribution is -0.0538. The predicted octanol–water partition coefficient (Wildman–Crippen LogP) is 4.09. The molecule has 1 saturated carbocycles. The second-order valence-corrected chi connectivity index (χ2v) is 6.52. The van der Waals surface area contributed by atoms with E-state index >= 15 is 0 Å². The van der Waals surface area contributed by atoms with Crippen LogP contribution in [0.3, 0.4) is 0 Å². The molecule has 1 aromatic carbocycles. The van der Waals surface area contributed by atoms with Gasteiger partial charge in [0, 0.05) is 18.0 Å². The van der Waals surface area contributed by atoms with Crippen LogP contribution in [0.1, 0.15) is 37.7 Å². The van der Waals surface area contributed by atoms with E-state index in [1.165, 1.54) is 25.3 Å². The highest BCUT2D eigenvalue weighted by Gasteiger charge is 2.30. The molecule has 1 N–H and O–H groups in total. The predicted molar refractivity (Wildman–Crippen MR) is 81.2 cm³/mol. The van der Waals surface area contributed by atoms with Crippen molar-refractivity contribution in [3.8, 4) is 0 Å². The average Bonchev–Trinajstić information content (AvgIpc) is 2.44. The van der Waals surface area contributed by atoms with Crippen LogP contribution < -0.4 is 0 Å². The molecule has 1 fully saturated rings. The first-order chi connectivity index (χ1) is 9.61. The van der Waals surface area contributed by atoms with Crippen LogP contribution in [0.4, 0.5) is 4.39 Å². The van der Waals surface area contributed by atoms with Gasteiger partial charge in [0.05, 0.1) is 12.2 Å². The SMILES string of the molecule is COC(C(O)Cc1ccc(Br)cc1F)C1CCCCC1. The van der Waals surface area contributed by atoms with Crippen molar-refractivity contribution in [1.82, 2.24) is 0 Å². The maximum Gasteiger partial charge on any atom is 0.127 e. The molecule has 0 amide bonds. The minimum Gasteiger partial charge on any atom is -0.390 e. The van der Waals surface area contributed by atoms with E-state index in [9.17, 15) is 9.50 Å². The molecule has 2 rings (SSSR count). The Bertz CT molecular complexity index is 432. The van der Waals surface area contributed by atoms with E-state index < -0.39 is 6.10 Å². The first-order valence-electron chi connectivity index (χ1n) is 7.26. The molecular weight excluding hydrogens is 323 g/mol. The van der Waals surface area contributed by atoms with E-state index in [0.717, 1.165) is 12.8 Å². The molecule has 2 unspecified atom stereocenters. The van der Waals surface area contributed by atoms with Crippen LogP contribution in [0.25, 0.3) is 0 Å². The largest absolute Gasteiger partial charge is 0.390 e. The van der Waals surface area contributed by atoms with Crippen LogP contribution in [-0.2, 0) is 11.2 Å². The fraction of sp³-hybridized carbons (Fsp3) is 0.625. The molecule has 4 heteroatoms. The molecule has 0 spiro atoms. The Kier molecular flexibility index (Phi) is 6.00. The zero-order valence-electron chi connectivity index (χ0n) is 11.8. The standard InChI is InChI=1S/C16H22BrFO2/c1-20-16(11-5-3-2-4-6-11)15(19)9-12-7-8-13(17)10-14(12)18/h7-8,10-11,15-16,19H,2-6,9H2,1H3. The molecule has 0 bridgehead atoms. The van der Waals surface area contributed by atoms with Crippen LogP contribution in [0.5, 0.6) is 0 Å². The second kappa shape index (κ2) is 7.53. The number of benzene rings is 1. The molecule has 0 saturated heterocycles. The Balaban J connectivity index is 2.02. The highest BCUT2D eigenvalue weighted by molar-refractivity contribution is 9.10. The topological polar surface area (TPSA) is 29.5 Å². The number of ether oxygens (including phenoxy) is 1. The molecule has 0 heterocycles. The van der Waals surface area contributed by atoms with Gasteiger partial charge in [0.25, 0.3) is 0 Å². The lowest BCUT2D eigenvalue weighted by Gasteiger charge is -2.32. The summed E-state index contributed by atoms with van der Waals surface area (Å²) in [4.78, 5) is 0. The average molecular weight is 345 g/mol. The van der Waals surface area contributed by atoms with Gasteiger partial charge in [-0.3, -0.25) is 0 Å². The summed E-state index contributed by atoms with van der Waals surface area (Å²) in [7, 11) is 1.64. The summed E-state index contributed by atoms with van der Waals surface area (Å²) >= 11 is 3.24. The summed E-state index contributed by atoms with van der Waals surface area (Å²) < 4.78 is 20.1. The van der Waals surface area contributed by atoms with E-state index in [1.54, 1.807) is 19.2 Å². The lowest BCUT2D eigenvalue weighted by atomic mass is 9.82. The van der Waals surface area contributed by atoms with Gasteiger partial charge in [-0.2, -0.15) is 0 Å². The van der Waals surface area contributed by atoms with Crippen molar-refractivity contribution < 1.29 is 14.2 Å². The molecule has 1 aliphatic rings. The fourth-order valence-corrected chi connectivity index (χ4v) is 3.49. The highest BCUT2D eigenvalue weighted by Crippen LogP contribution is 2.30.